The van der Waals surface area contributed by atoms with Gasteiger partial charge in [-0.25, -0.2) is 0 Å². The van der Waals surface area contributed by atoms with E-state index in [0.29, 0.717) is 5.92 Å². The number of benzene rings is 3. The first-order valence-corrected chi connectivity index (χ1v) is 8.75. The molecular formula is C23H23NO. The van der Waals surface area contributed by atoms with Gasteiger partial charge in [0, 0.05) is 19.0 Å². The van der Waals surface area contributed by atoms with E-state index in [-0.39, 0.29) is 0 Å². The Balaban J connectivity index is 1.72. The van der Waals surface area contributed by atoms with E-state index >= 15 is 0 Å². The Bertz CT molecular complexity index is 855. The van der Waals surface area contributed by atoms with E-state index < -0.39 is 0 Å². The van der Waals surface area contributed by atoms with Crippen LogP contribution in [0.3, 0.4) is 0 Å². The number of hydrogen-bond acceptors (Lipinski definition) is 2. The molecular weight excluding hydrogens is 306 g/mol. The summed E-state index contributed by atoms with van der Waals surface area (Å²) in [4.78, 5) is 2.41. The third-order valence-corrected chi connectivity index (χ3v) is 5.08. The van der Waals surface area contributed by atoms with E-state index in [1.54, 1.807) is 7.11 Å². The lowest BCUT2D eigenvalue weighted by atomic mass is 9.83. The normalized spacial score (nSPS) is 17.1. The van der Waals surface area contributed by atoms with Crippen molar-refractivity contribution in [3.05, 3.63) is 89.5 Å². The first-order chi connectivity index (χ1) is 12.2. The predicted octanol–water partition coefficient (Wildman–Crippen LogP) is 4.94. The average Bonchev–Trinajstić information content (AvgIpc) is 2.67. The van der Waals surface area contributed by atoms with Crippen molar-refractivity contribution in [3.63, 3.8) is 0 Å². The number of nitrogens with zero attached hydrogens (tertiary/aromatic N) is 1. The lowest BCUT2D eigenvalue weighted by Crippen LogP contribution is -2.30. The molecule has 1 unspecified atom stereocenters. The van der Waals surface area contributed by atoms with E-state index in [1.165, 1.54) is 27.8 Å². The van der Waals surface area contributed by atoms with E-state index in [9.17, 15) is 0 Å². The zero-order chi connectivity index (χ0) is 17.2. The average molecular weight is 329 g/mol. The highest BCUT2D eigenvalue weighted by Crippen LogP contribution is 2.35. The SMILES string of the molecule is COc1ccc(-c2ccc3c(c2)CN(C)CC3c2ccccc2)cc1. The van der Waals surface area contributed by atoms with Gasteiger partial charge in [0.2, 0.25) is 0 Å². The van der Waals surface area contributed by atoms with Crippen LogP contribution in [0, 0.1) is 0 Å². The smallest absolute Gasteiger partial charge is 0.118 e. The summed E-state index contributed by atoms with van der Waals surface area (Å²) in [5.74, 6) is 1.34. The summed E-state index contributed by atoms with van der Waals surface area (Å²) in [5.41, 5.74) is 6.78. The van der Waals surface area contributed by atoms with Crippen LogP contribution in [0.5, 0.6) is 5.75 Å². The molecule has 3 aromatic rings. The quantitative estimate of drug-likeness (QED) is 0.675. The van der Waals surface area contributed by atoms with Gasteiger partial charge in [0.15, 0.2) is 0 Å². The molecule has 0 bridgehead atoms. The van der Waals surface area contributed by atoms with Crippen LogP contribution >= 0.6 is 0 Å². The molecule has 0 radical (unpaired) electrons. The molecule has 0 aliphatic carbocycles. The van der Waals surface area contributed by atoms with Crippen molar-refractivity contribution < 1.29 is 4.74 Å². The van der Waals surface area contributed by atoms with Crippen molar-refractivity contribution in [3.8, 4) is 16.9 Å². The number of methoxy groups -OCH3 is 1. The number of rotatable bonds is 3. The number of hydrogen-bond donors (Lipinski definition) is 0. The maximum absolute atomic E-state index is 5.27. The molecule has 1 atom stereocenters. The molecule has 25 heavy (non-hydrogen) atoms. The van der Waals surface area contributed by atoms with Gasteiger partial charge in [-0.15, -0.1) is 0 Å². The molecule has 0 saturated carbocycles. The molecule has 1 heterocycles. The van der Waals surface area contributed by atoms with Crippen LogP contribution in [0.15, 0.2) is 72.8 Å². The molecule has 2 nitrogen and oxygen atoms in total. The molecule has 0 saturated heterocycles. The second-order valence-corrected chi connectivity index (χ2v) is 6.80. The Morgan fingerprint density at radius 2 is 1.60 bits per heavy atom. The summed E-state index contributed by atoms with van der Waals surface area (Å²) in [6.07, 6.45) is 0. The van der Waals surface area contributed by atoms with Gasteiger partial charge in [-0.3, -0.25) is 0 Å². The predicted molar refractivity (Wildman–Crippen MR) is 103 cm³/mol. The highest BCUT2D eigenvalue weighted by atomic mass is 16.5. The molecule has 4 rings (SSSR count). The van der Waals surface area contributed by atoms with Gasteiger partial charge in [0.1, 0.15) is 5.75 Å². The minimum Gasteiger partial charge on any atom is -0.497 e. The zero-order valence-electron chi connectivity index (χ0n) is 14.8. The molecule has 0 fully saturated rings. The van der Waals surface area contributed by atoms with E-state index in [4.69, 9.17) is 4.74 Å². The van der Waals surface area contributed by atoms with Crippen molar-refractivity contribution in [1.82, 2.24) is 4.90 Å². The Morgan fingerprint density at radius 3 is 2.32 bits per heavy atom. The van der Waals surface area contributed by atoms with Crippen molar-refractivity contribution in [2.45, 2.75) is 12.5 Å². The summed E-state index contributed by atoms with van der Waals surface area (Å²) in [7, 11) is 3.91. The van der Waals surface area contributed by atoms with Crippen LogP contribution in [0.1, 0.15) is 22.6 Å². The molecule has 2 heteroatoms. The van der Waals surface area contributed by atoms with Crippen LogP contribution in [0.2, 0.25) is 0 Å². The maximum Gasteiger partial charge on any atom is 0.118 e. The van der Waals surface area contributed by atoms with Crippen LogP contribution in [0.4, 0.5) is 0 Å². The Labute approximate surface area is 149 Å². The summed E-state index contributed by atoms with van der Waals surface area (Å²) in [6, 6.07) is 26.1. The highest BCUT2D eigenvalue weighted by molar-refractivity contribution is 5.66. The Morgan fingerprint density at radius 1 is 0.880 bits per heavy atom. The summed E-state index contributed by atoms with van der Waals surface area (Å²) < 4.78 is 5.27. The molecule has 3 aromatic carbocycles. The molecule has 1 aliphatic heterocycles. The summed E-state index contributed by atoms with van der Waals surface area (Å²) in [6.45, 7) is 2.07. The largest absolute Gasteiger partial charge is 0.497 e. The van der Waals surface area contributed by atoms with Crippen molar-refractivity contribution in [2.24, 2.45) is 0 Å². The van der Waals surface area contributed by atoms with Gasteiger partial charge in [-0.05, 0) is 53.1 Å². The Hall–Kier alpha value is -2.58. The number of fused-ring (bicyclic) bond motifs is 1. The third kappa shape index (κ3) is 3.18. The van der Waals surface area contributed by atoms with Crippen LogP contribution in [0.25, 0.3) is 11.1 Å². The monoisotopic (exact) mass is 329 g/mol. The third-order valence-electron chi connectivity index (χ3n) is 5.08. The van der Waals surface area contributed by atoms with E-state index in [2.05, 4.69) is 72.6 Å². The fourth-order valence-electron chi connectivity index (χ4n) is 3.78. The van der Waals surface area contributed by atoms with E-state index in [1.807, 2.05) is 12.1 Å². The van der Waals surface area contributed by atoms with Gasteiger partial charge in [-0.2, -0.15) is 0 Å². The molecule has 126 valence electrons. The molecule has 1 aliphatic rings. The zero-order valence-corrected chi connectivity index (χ0v) is 14.8. The fourth-order valence-corrected chi connectivity index (χ4v) is 3.78. The minimum atomic E-state index is 0.444. The lowest BCUT2D eigenvalue weighted by Gasteiger charge is -2.33. The topological polar surface area (TPSA) is 12.5 Å². The van der Waals surface area contributed by atoms with Gasteiger partial charge >= 0.3 is 0 Å². The fraction of sp³-hybridized carbons (Fsp3) is 0.217. The molecule has 0 aromatic heterocycles. The molecule has 0 amide bonds. The summed E-state index contributed by atoms with van der Waals surface area (Å²) >= 11 is 0. The minimum absolute atomic E-state index is 0.444. The molecule has 0 spiro atoms. The van der Waals surface area contributed by atoms with Gasteiger partial charge in [0.05, 0.1) is 7.11 Å². The maximum atomic E-state index is 5.27. The van der Waals surface area contributed by atoms with Gasteiger partial charge in [-0.1, -0.05) is 54.6 Å². The number of ether oxygens (including phenoxy) is 1. The highest BCUT2D eigenvalue weighted by Gasteiger charge is 2.24. The van der Waals surface area contributed by atoms with Crippen LogP contribution in [-0.4, -0.2) is 25.6 Å². The van der Waals surface area contributed by atoms with Crippen molar-refractivity contribution in [2.75, 3.05) is 20.7 Å². The van der Waals surface area contributed by atoms with Crippen LogP contribution in [-0.2, 0) is 6.54 Å². The van der Waals surface area contributed by atoms with Crippen LogP contribution < -0.4 is 4.74 Å². The van der Waals surface area contributed by atoms with Gasteiger partial charge < -0.3 is 9.64 Å². The second kappa shape index (κ2) is 6.73. The first kappa shape index (κ1) is 15.9. The first-order valence-electron chi connectivity index (χ1n) is 8.75. The lowest BCUT2D eigenvalue weighted by molar-refractivity contribution is 0.295. The molecule has 0 N–H and O–H groups in total. The second-order valence-electron chi connectivity index (χ2n) is 6.80. The van der Waals surface area contributed by atoms with E-state index in [0.717, 1.165) is 18.8 Å². The standard InChI is InChI=1S/C23H23NO/c1-24-15-20-14-19(17-8-11-21(25-2)12-9-17)10-13-22(20)23(16-24)18-6-4-3-5-7-18/h3-14,23H,15-16H2,1-2H3. The summed E-state index contributed by atoms with van der Waals surface area (Å²) in [5, 5.41) is 0. The van der Waals surface area contributed by atoms with Crippen molar-refractivity contribution in [1.29, 1.82) is 0 Å². The van der Waals surface area contributed by atoms with Gasteiger partial charge in [0.25, 0.3) is 0 Å². The number of likely N-dealkylation sites (N-methyl/N-ethyl adjacent to an activating group) is 1. The Kier molecular flexibility index (Phi) is 4.29. The van der Waals surface area contributed by atoms with Crippen molar-refractivity contribution >= 4 is 0 Å².